The lowest BCUT2D eigenvalue weighted by atomic mass is 10.6. The quantitative estimate of drug-likeness (QED) is 0.604. The predicted molar refractivity (Wildman–Crippen MR) is 72.8 cm³/mol. The van der Waals surface area contributed by atoms with Crippen molar-refractivity contribution in [2.24, 2.45) is 0 Å². The van der Waals surface area contributed by atoms with Crippen LogP contribution in [0.4, 0.5) is 0 Å². The summed E-state index contributed by atoms with van der Waals surface area (Å²) in [6, 6.07) is 5.76. The Morgan fingerprint density at radius 1 is 0.684 bits per heavy atom. The van der Waals surface area contributed by atoms with Gasteiger partial charge in [0.05, 0.1) is 0 Å². The molecule has 7 heteroatoms. The Balaban J connectivity index is 1.73. The smallest absolute Gasteiger partial charge is 0.193 e. The molecule has 6 nitrogen and oxygen atoms in total. The van der Waals surface area contributed by atoms with Gasteiger partial charge in [0.25, 0.3) is 0 Å². The zero-order valence-corrected chi connectivity index (χ0v) is 11.0. The molecule has 0 atom stereocenters. The van der Waals surface area contributed by atoms with Gasteiger partial charge in [0, 0.05) is 48.9 Å². The van der Waals surface area contributed by atoms with Crippen LogP contribution in [0.3, 0.4) is 0 Å². The van der Waals surface area contributed by atoms with E-state index in [1.54, 1.807) is 11.8 Å². The summed E-state index contributed by atoms with van der Waals surface area (Å²) < 4.78 is 2.83. The molecular weight excluding hydrogens is 268 g/mol. The van der Waals surface area contributed by atoms with Crippen LogP contribution in [0, 0.1) is 0 Å². The van der Waals surface area contributed by atoms with Gasteiger partial charge in [0.1, 0.15) is 0 Å². The average molecular weight is 284 g/mol. The van der Waals surface area contributed by atoms with E-state index in [1.165, 1.54) is 33.4 Å². The van der Waals surface area contributed by atoms with Crippen LogP contribution < -0.4 is 0 Å². The molecule has 0 amide bonds. The van der Waals surface area contributed by atoms with Crippen molar-refractivity contribution in [1.29, 1.82) is 0 Å². The van der Waals surface area contributed by atoms with Crippen molar-refractivity contribution in [1.82, 2.24) is 9.13 Å². The summed E-state index contributed by atoms with van der Waals surface area (Å²) >= 11 is 1.60. The summed E-state index contributed by atoms with van der Waals surface area (Å²) in [5.74, 6) is 1.58. The lowest BCUT2D eigenvalue weighted by molar-refractivity contribution is 0.374. The summed E-state index contributed by atoms with van der Waals surface area (Å²) in [7, 11) is 0. The molecule has 2 aromatic heterocycles. The van der Waals surface area contributed by atoms with Crippen molar-refractivity contribution in [2.75, 3.05) is 11.5 Å². The summed E-state index contributed by atoms with van der Waals surface area (Å²) in [5, 5.41) is 37.7. The number of thioether (sulfide) groups is 1. The van der Waals surface area contributed by atoms with Gasteiger partial charge in [0.15, 0.2) is 23.5 Å². The monoisotopic (exact) mass is 284 g/mol. The molecule has 2 aromatic rings. The summed E-state index contributed by atoms with van der Waals surface area (Å²) in [6.07, 6.45) is 0. The zero-order chi connectivity index (χ0) is 13.8. The minimum Gasteiger partial charge on any atom is -0.494 e. The van der Waals surface area contributed by atoms with Crippen LogP contribution in [-0.4, -0.2) is 41.1 Å². The molecule has 0 radical (unpaired) electrons. The average Bonchev–Trinajstić information content (AvgIpc) is 2.86. The van der Waals surface area contributed by atoms with E-state index in [-0.39, 0.29) is 23.5 Å². The zero-order valence-electron chi connectivity index (χ0n) is 10.2. The Bertz CT molecular complexity index is 463. The van der Waals surface area contributed by atoms with Crippen LogP contribution in [0.2, 0.25) is 0 Å². The lowest BCUT2D eigenvalue weighted by Gasteiger charge is -2.08. The molecule has 4 N–H and O–H groups in total. The normalized spacial score (nSPS) is 10.9. The maximum atomic E-state index is 9.43. The van der Waals surface area contributed by atoms with Crippen molar-refractivity contribution >= 4 is 11.8 Å². The highest BCUT2D eigenvalue weighted by Crippen LogP contribution is 2.23. The number of hydrogen-bond donors (Lipinski definition) is 4. The van der Waals surface area contributed by atoms with E-state index in [0.29, 0.717) is 24.6 Å². The van der Waals surface area contributed by atoms with Crippen LogP contribution >= 0.6 is 11.8 Å². The van der Waals surface area contributed by atoms with Crippen molar-refractivity contribution in [3.8, 4) is 23.5 Å². The number of rotatable bonds is 6. The van der Waals surface area contributed by atoms with E-state index in [2.05, 4.69) is 0 Å². The van der Waals surface area contributed by atoms with Gasteiger partial charge >= 0.3 is 0 Å². The summed E-state index contributed by atoms with van der Waals surface area (Å²) in [4.78, 5) is 0. The first-order chi connectivity index (χ1) is 9.09. The highest BCUT2D eigenvalue weighted by Gasteiger charge is 2.06. The molecule has 0 saturated carbocycles. The van der Waals surface area contributed by atoms with Crippen LogP contribution in [0.15, 0.2) is 24.3 Å². The number of nitrogens with zero attached hydrogens (tertiary/aromatic N) is 2. The second-order valence-electron chi connectivity index (χ2n) is 4.02. The maximum absolute atomic E-state index is 9.43. The molecule has 0 aliphatic rings. The lowest BCUT2D eigenvalue weighted by Crippen LogP contribution is -2.03. The molecular formula is C12H16N2O4S. The molecule has 0 bridgehead atoms. The van der Waals surface area contributed by atoms with Gasteiger partial charge in [-0.1, -0.05) is 0 Å². The first-order valence-electron chi connectivity index (χ1n) is 5.82. The molecule has 2 rings (SSSR count). The van der Waals surface area contributed by atoms with E-state index >= 15 is 0 Å². The molecule has 0 unspecified atom stereocenters. The van der Waals surface area contributed by atoms with E-state index in [4.69, 9.17) is 0 Å². The van der Waals surface area contributed by atoms with E-state index in [0.717, 1.165) is 0 Å². The molecule has 0 spiro atoms. The Morgan fingerprint density at radius 3 is 1.32 bits per heavy atom. The predicted octanol–water partition coefficient (Wildman–Crippen LogP) is 1.55. The molecule has 104 valence electrons. The van der Waals surface area contributed by atoms with Gasteiger partial charge in [-0.25, -0.2) is 0 Å². The van der Waals surface area contributed by atoms with Gasteiger partial charge in [-0.3, -0.25) is 9.13 Å². The highest BCUT2D eigenvalue weighted by molar-refractivity contribution is 7.99. The third-order valence-electron chi connectivity index (χ3n) is 2.79. The highest BCUT2D eigenvalue weighted by atomic mass is 32.2. The van der Waals surface area contributed by atoms with Crippen molar-refractivity contribution in [3.05, 3.63) is 24.3 Å². The Hall–Kier alpha value is -1.89. The van der Waals surface area contributed by atoms with Gasteiger partial charge in [0.2, 0.25) is 0 Å². The first kappa shape index (κ1) is 13.5. The number of aromatic nitrogens is 2. The van der Waals surface area contributed by atoms with Gasteiger partial charge in [-0.15, -0.1) is 0 Å². The third-order valence-corrected chi connectivity index (χ3v) is 3.73. The van der Waals surface area contributed by atoms with E-state index < -0.39 is 0 Å². The molecule has 0 aliphatic carbocycles. The molecule has 2 heterocycles. The number of hydrogen-bond acceptors (Lipinski definition) is 5. The standard InChI is InChI=1S/C12H16N2O4S/c15-9-1-2-10(16)13(9)5-7-19-8-6-14-11(17)3-4-12(14)18/h1-4,15-18H,5-8H2. The second-order valence-corrected chi connectivity index (χ2v) is 5.24. The van der Waals surface area contributed by atoms with Crippen LogP contribution in [-0.2, 0) is 13.1 Å². The maximum Gasteiger partial charge on any atom is 0.193 e. The minimum absolute atomic E-state index is 0.0406. The minimum atomic E-state index is 0.0406. The van der Waals surface area contributed by atoms with E-state index in [1.807, 2.05) is 0 Å². The summed E-state index contributed by atoms with van der Waals surface area (Å²) in [6.45, 7) is 0.998. The Kier molecular flexibility index (Phi) is 4.16. The third kappa shape index (κ3) is 3.11. The first-order valence-corrected chi connectivity index (χ1v) is 6.97. The largest absolute Gasteiger partial charge is 0.494 e. The van der Waals surface area contributed by atoms with Gasteiger partial charge in [-0.2, -0.15) is 11.8 Å². The number of aromatic hydroxyl groups is 4. The fraction of sp³-hybridized carbons (Fsp3) is 0.333. The Morgan fingerprint density at radius 2 is 1.00 bits per heavy atom. The van der Waals surface area contributed by atoms with Crippen molar-refractivity contribution in [2.45, 2.75) is 13.1 Å². The fourth-order valence-corrected chi connectivity index (χ4v) is 2.59. The van der Waals surface area contributed by atoms with Crippen LogP contribution in [0.5, 0.6) is 23.5 Å². The van der Waals surface area contributed by atoms with Crippen LogP contribution in [0.1, 0.15) is 0 Å². The van der Waals surface area contributed by atoms with Crippen molar-refractivity contribution < 1.29 is 20.4 Å². The SMILES string of the molecule is Oc1ccc(O)n1CCSCCn1c(O)ccc1O. The molecule has 0 aromatic carbocycles. The molecule has 0 fully saturated rings. The van der Waals surface area contributed by atoms with Gasteiger partial charge in [-0.05, 0) is 0 Å². The second kappa shape index (κ2) is 5.83. The molecule has 0 saturated heterocycles. The summed E-state index contributed by atoms with van der Waals surface area (Å²) in [5.41, 5.74) is 0. The van der Waals surface area contributed by atoms with Crippen molar-refractivity contribution in [3.63, 3.8) is 0 Å². The van der Waals surface area contributed by atoms with E-state index in [9.17, 15) is 20.4 Å². The molecule has 0 aliphatic heterocycles. The van der Waals surface area contributed by atoms with Crippen LogP contribution in [0.25, 0.3) is 0 Å². The van der Waals surface area contributed by atoms with Gasteiger partial charge < -0.3 is 20.4 Å². The fourth-order valence-electron chi connectivity index (χ4n) is 1.76. The topological polar surface area (TPSA) is 90.8 Å². The Labute approximate surface area is 114 Å². The molecule has 19 heavy (non-hydrogen) atoms.